The number of ether oxygens (including phenoxy) is 1. The molecular formula is C13H14N2O3. The van der Waals surface area contributed by atoms with E-state index in [0.29, 0.717) is 5.69 Å². The van der Waals surface area contributed by atoms with Gasteiger partial charge in [0.2, 0.25) is 0 Å². The molecule has 0 atom stereocenters. The Balaban J connectivity index is 2.51. The largest absolute Gasteiger partial charge is 0.496 e. The van der Waals surface area contributed by atoms with Crippen molar-refractivity contribution < 1.29 is 14.6 Å². The zero-order valence-corrected chi connectivity index (χ0v) is 10.2. The lowest BCUT2D eigenvalue weighted by Crippen LogP contribution is -1.99. The lowest BCUT2D eigenvalue weighted by molar-refractivity contribution is 0.0692. The van der Waals surface area contributed by atoms with Crippen LogP contribution in [0.2, 0.25) is 0 Å². The Hall–Kier alpha value is -2.30. The van der Waals surface area contributed by atoms with Crippen molar-refractivity contribution in [1.82, 2.24) is 9.97 Å². The summed E-state index contributed by atoms with van der Waals surface area (Å²) in [6.45, 7) is 2.02. The van der Waals surface area contributed by atoms with Crippen molar-refractivity contribution in [1.29, 1.82) is 0 Å². The second kappa shape index (κ2) is 4.91. The van der Waals surface area contributed by atoms with E-state index in [0.717, 1.165) is 23.3 Å². The Labute approximate surface area is 104 Å². The van der Waals surface area contributed by atoms with E-state index in [1.54, 1.807) is 13.2 Å². The lowest BCUT2D eigenvalue weighted by atomic mass is 10.0. The third-order valence-corrected chi connectivity index (χ3v) is 2.79. The maximum Gasteiger partial charge on any atom is 0.354 e. The van der Waals surface area contributed by atoms with Gasteiger partial charge in [-0.15, -0.1) is 0 Å². The van der Waals surface area contributed by atoms with Gasteiger partial charge < -0.3 is 14.8 Å². The third kappa shape index (κ3) is 2.07. The third-order valence-electron chi connectivity index (χ3n) is 2.79. The standard InChI is InChI=1S/C13H14N2O3/c1-3-8-6-9(4-5-10(8)18-2)11-12(13(16)17)15-7-14-11/h4-7H,3H2,1-2H3,(H,14,15)(H,16,17). The number of aromatic amines is 1. The minimum absolute atomic E-state index is 0.0993. The molecule has 0 radical (unpaired) electrons. The van der Waals surface area contributed by atoms with Crippen LogP contribution < -0.4 is 4.74 Å². The lowest BCUT2D eigenvalue weighted by Gasteiger charge is -2.08. The van der Waals surface area contributed by atoms with Gasteiger partial charge in [-0.25, -0.2) is 9.78 Å². The summed E-state index contributed by atoms with van der Waals surface area (Å²) in [6, 6.07) is 5.54. The molecule has 0 aliphatic rings. The van der Waals surface area contributed by atoms with E-state index in [4.69, 9.17) is 9.84 Å². The average Bonchev–Trinajstić information content (AvgIpc) is 2.87. The first-order valence-electron chi connectivity index (χ1n) is 5.61. The molecule has 1 aromatic carbocycles. The average molecular weight is 246 g/mol. The predicted octanol–water partition coefficient (Wildman–Crippen LogP) is 2.35. The van der Waals surface area contributed by atoms with E-state index in [2.05, 4.69) is 9.97 Å². The van der Waals surface area contributed by atoms with Crippen LogP contribution in [0.3, 0.4) is 0 Å². The molecule has 5 nitrogen and oxygen atoms in total. The topological polar surface area (TPSA) is 75.2 Å². The van der Waals surface area contributed by atoms with Crippen molar-refractivity contribution >= 4 is 5.97 Å². The van der Waals surface area contributed by atoms with Gasteiger partial charge in [0.1, 0.15) is 11.4 Å². The number of nitrogens with one attached hydrogen (secondary N) is 1. The molecule has 0 saturated heterocycles. The van der Waals surface area contributed by atoms with Crippen LogP contribution in [0.4, 0.5) is 0 Å². The Bertz CT molecular complexity index is 575. The Morgan fingerprint density at radius 1 is 1.50 bits per heavy atom. The predicted molar refractivity (Wildman–Crippen MR) is 66.9 cm³/mol. The number of carbonyl (C=O) groups is 1. The molecular weight excluding hydrogens is 232 g/mol. The van der Waals surface area contributed by atoms with Crippen LogP contribution in [-0.2, 0) is 6.42 Å². The van der Waals surface area contributed by atoms with Gasteiger partial charge in [-0.2, -0.15) is 0 Å². The highest BCUT2D eigenvalue weighted by molar-refractivity contribution is 5.92. The molecule has 0 saturated carbocycles. The number of aromatic carboxylic acids is 1. The monoisotopic (exact) mass is 246 g/mol. The Kier molecular flexibility index (Phi) is 3.32. The first-order valence-corrected chi connectivity index (χ1v) is 5.61. The number of benzene rings is 1. The zero-order valence-electron chi connectivity index (χ0n) is 10.2. The van der Waals surface area contributed by atoms with Crippen LogP contribution in [0.25, 0.3) is 11.3 Å². The quantitative estimate of drug-likeness (QED) is 0.868. The number of hydrogen-bond acceptors (Lipinski definition) is 3. The van der Waals surface area contributed by atoms with E-state index in [1.807, 2.05) is 19.1 Å². The number of aromatic nitrogens is 2. The van der Waals surface area contributed by atoms with Gasteiger partial charge in [0.25, 0.3) is 0 Å². The molecule has 2 N–H and O–H groups in total. The zero-order chi connectivity index (χ0) is 13.1. The van der Waals surface area contributed by atoms with Crippen LogP contribution in [0.5, 0.6) is 5.75 Å². The van der Waals surface area contributed by atoms with Crippen LogP contribution >= 0.6 is 0 Å². The van der Waals surface area contributed by atoms with E-state index in [1.165, 1.54) is 6.33 Å². The molecule has 0 spiro atoms. The smallest absolute Gasteiger partial charge is 0.354 e. The molecule has 5 heteroatoms. The van der Waals surface area contributed by atoms with E-state index in [-0.39, 0.29) is 5.69 Å². The highest BCUT2D eigenvalue weighted by Gasteiger charge is 2.15. The van der Waals surface area contributed by atoms with Crippen molar-refractivity contribution in [3.63, 3.8) is 0 Å². The first-order chi connectivity index (χ1) is 8.67. The van der Waals surface area contributed by atoms with Gasteiger partial charge in [0.15, 0.2) is 5.69 Å². The minimum Gasteiger partial charge on any atom is -0.496 e. The highest BCUT2D eigenvalue weighted by atomic mass is 16.5. The molecule has 0 fully saturated rings. The number of nitrogens with zero attached hydrogens (tertiary/aromatic N) is 1. The Morgan fingerprint density at radius 2 is 2.28 bits per heavy atom. The number of carboxylic acid groups (broad SMARTS) is 1. The molecule has 18 heavy (non-hydrogen) atoms. The number of methoxy groups -OCH3 is 1. The number of rotatable bonds is 4. The fourth-order valence-electron chi connectivity index (χ4n) is 1.88. The Morgan fingerprint density at radius 3 is 2.89 bits per heavy atom. The fourth-order valence-corrected chi connectivity index (χ4v) is 1.88. The summed E-state index contributed by atoms with van der Waals surface area (Å²) in [5.74, 6) is -0.218. The van der Waals surface area contributed by atoms with Gasteiger partial charge in [0, 0.05) is 5.56 Å². The second-order valence-electron chi connectivity index (χ2n) is 3.81. The van der Waals surface area contributed by atoms with Gasteiger partial charge in [-0.05, 0) is 30.2 Å². The molecule has 0 aliphatic heterocycles. The summed E-state index contributed by atoms with van der Waals surface area (Å²) in [5.41, 5.74) is 2.34. The van der Waals surface area contributed by atoms with Gasteiger partial charge in [-0.1, -0.05) is 6.92 Å². The van der Waals surface area contributed by atoms with Crippen molar-refractivity contribution in [2.75, 3.05) is 7.11 Å². The van der Waals surface area contributed by atoms with Crippen LogP contribution in [0, 0.1) is 0 Å². The summed E-state index contributed by atoms with van der Waals surface area (Å²) in [6.07, 6.45) is 2.19. The molecule has 94 valence electrons. The number of H-pyrrole nitrogens is 1. The molecule has 1 heterocycles. The summed E-state index contributed by atoms with van der Waals surface area (Å²) in [5, 5.41) is 9.05. The molecule has 0 unspecified atom stereocenters. The summed E-state index contributed by atoms with van der Waals surface area (Å²) in [4.78, 5) is 17.7. The molecule has 0 aliphatic carbocycles. The molecule has 0 bridgehead atoms. The van der Waals surface area contributed by atoms with Crippen molar-refractivity contribution in [2.24, 2.45) is 0 Å². The SMILES string of the molecule is CCc1cc(-c2nc[nH]c2C(=O)O)ccc1OC. The number of imidazole rings is 1. The summed E-state index contributed by atoms with van der Waals surface area (Å²) < 4.78 is 5.24. The van der Waals surface area contributed by atoms with Crippen molar-refractivity contribution in [3.05, 3.63) is 35.8 Å². The number of carboxylic acids is 1. The van der Waals surface area contributed by atoms with Crippen LogP contribution in [-0.4, -0.2) is 28.2 Å². The van der Waals surface area contributed by atoms with E-state index >= 15 is 0 Å². The number of aryl methyl sites for hydroxylation is 1. The minimum atomic E-state index is -1.02. The molecule has 2 aromatic rings. The summed E-state index contributed by atoms with van der Waals surface area (Å²) >= 11 is 0. The van der Waals surface area contributed by atoms with E-state index < -0.39 is 5.97 Å². The van der Waals surface area contributed by atoms with Crippen molar-refractivity contribution in [2.45, 2.75) is 13.3 Å². The van der Waals surface area contributed by atoms with Crippen LogP contribution in [0.15, 0.2) is 24.5 Å². The van der Waals surface area contributed by atoms with Crippen molar-refractivity contribution in [3.8, 4) is 17.0 Å². The highest BCUT2D eigenvalue weighted by Crippen LogP contribution is 2.27. The molecule has 1 aromatic heterocycles. The van der Waals surface area contributed by atoms with Gasteiger partial charge in [-0.3, -0.25) is 0 Å². The fraction of sp³-hybridized carbons (Fsp3) is 0.231. The number of hydrogen-bond donors (Lipinski definition) is 2. The maximum atomic E-state index is 11.0. The van der Waals surface area contributed by atoms with E-state index in [9.17, 15) is 4.79 Å². The van der Waals surface area contributed by atoms with Gasteiger partial charge in [0.05, 0.1) is 13.4 Å². The molecule has 0 amide bonds. The van der Waals surface area contributed by atoms with Gasteiger partial charge >= 0.3 is 5.97 Å². The first kappa shape index (κ1) is 12.2. The van der Waals surface area contributed by atoms with Crippen LogP contribution in [0.1, 0.15) is 23.0 Å². The second-order valence-corrected chi connectivity index (χ2v) is 3.81. The molecule has 2 rings (SSSR count). The summed E-state index contributed by atoms with van der Waals surface area (Å²) in [7, 11) is 1.62. The normalized spacial score (nSPS) is 10.3. The maximum absolute atomic E-state index is 11.0.